The van der Waals surface area contributed by atoms with Gasteiger partial charge in [-0.25, -0.2) is 12.8 Å². The van der Waals surface area contributed by atoms with Crippen molar-refractivity contribution in [2.45, 2.75) is 84.3 Å². The van der Waals surface area contributed by atoms with Gasteiger partial charge < -0.3 is 10.2 Å². The zero-order valence-corrected chi connectivity index (χ0v) is 23.7. The average molecular weight is 546 g/mol. The second-order valence-electron chi connectivity index (χ2n) is 10.5. The van der Waals surface area contributed by atoms with Crippen LogP contribution in [0.3, 0.4) is 0 Å². The topological polar surface area (TPSA) is 86.8 Å². The quantitative estimate of drug-likeness (QED) is 0.437. The molecule has 1 saturated carbocycles. The zero-order chi connectivity index (χ0) is 27.9. The van der Waals surface area contributed by atoms with Gasteiger partial charge in [0.15, 0.2) is 0 Å². The lowest BCUT2D eigenvalue weighted by molar-refractivity contribution is -0.141. The Labute approximate surface area is 226 Å². The van der Waals surface area contributed by atoms with Crippen molar-refractivity contribution in [3.8, 4) is 0 Å². The van der Waals surface area contributed by atoms with Crippen LogP contribution in [-0.4, -0.2) is 50.0 Å². The summed E-state index contributed by atoms with van der Waals surface area (Å²) in [5.41, 5.74) is 3.19. The smallest absolute Gasteiger partial charge is 0.242 e. The molecular weight excluding hydrogens is 505 g/mol. The Kier molecular flexibility index (Phi) is 10.3. The van der Waals surface area contributed by atoms with Gasteiger partial charge in [-0.05, 0) is 81.0 Å². The molecule has 0 bridgehead atoms. The van der Waals surface area contributed by atoms with Crippen molar-refractivity contribution < 1.29 is 22.4 Å². The maximum atomic E-state index is 13.5. The molecule has 1 unspecified atom stereocenters. The number of hydrogen-bond donors (Lipinski definition) is 1. The minimum atomic E-state index is -3.56. The molecule has 0 aliphatic heterocycles. The molecule has 0 spiro atoms. The third-order valence-corrected chi connectivity index (χ3v) is 8.23. The number of carbonyl (C=O) groups excluding carboxylic acids is 2. The number of amides is 2. The van der Waals surface area contributed by atoms with Gasteiger partial charge >= 0.3 is 0 Å². The highest BCUT2D eigenvalue weighted by atomic mass is 32.2. The first kappa shape index (κ1) is 29.6. The Morgan fingerprint density at radius 1 is 1.03 bits per heavy atom. The zero-order valence-electron chi connectivity index (χ0n) is 22.9. The maximum Gasteiger partial charge on any atom is 0.242 e. The standard InChI is InChI=1S/C29H40FN3O4S/c1-21-17-22(2)19-27(18-21)33(38(4,36)37)16-8-11-28(34)32(20-24-12-14-25(30)15-13-24)23(3)29(35)31-26-9-6-5-7-10-26/h12-15,17-19,23,26H,5-11,16,20H2,1-4H3,(H,31,35). The van der Waals surface area contributed by atoms with E-state index in [1.807, 2.05) is 32.0 Å². The van der Waals surface area contributed by atoms with Gasteiger partial charge in [0.05, 0.1) is 11.9 Å². The fraction of sp³-hybridized carbons (Fsp3) is 0.517. The SMILES string of the molecule is Cc1cc(C)cc(N(CCCC(=O)N(Cc2ccc(F)cc2)C(C)C(=O)NC2CCCCC2)S(C)(=O)=O)c1. The van der Waals surface area contributed by atoms with E-state index in [-0.39, 0.29) is 49.6 Å². The number of rotatable bonds is 11. The highest BCUT2D eigenvalue weighted by molar-refractivity contribution is 7.92. The minimum Gasteiger partial charge on any atom is -0.352 e. The molecule has 1 fully saturated rings. The van der Waals surface area contributed by atoms with Gasteiger partial charge in [0.25, 0.3) is 0 Å². The highest BCUT2D eigenvalue weighted by Crippen LogP contribution is 2.23. The summed E-state index contributed by atoms with van der Waals surface area (Å²) < 4.78 is 39.9. The molecule has 1 atom stereocenters. The summed E-state index contributed by atoms with van der Waals surface area (Å²) in [4.78, 5) is 28.1. The lowest BCUT2D eigenvalue weighted by Crippen LogP contribution is -2.50. The lowest BCUT2D eigenvalue weighted by atomic mass is 9.95. The molecular formula is C29H40FN3O4S. The number of hydrogen-bond acceptors (Lipinski definition) is 4. The van der Waals surface area contributed by atoms with Gasteiger partial charge in [0.2, 0.25) is 21.8 Å². The number of benzene rings is 2. The molecule has 0 aromatic heterocycles. The maximum absolute atomic E-state index is 13.5. The van der Waals surface area contributed by atoms with Gasteiger partial charge in [-0.1, -0.05) is 37.5 Å². The number of sulfonamides is 1. The normalized spacial score (nSPS) is 15.1. The number of carbonyl (C=O) groups is 2. The summed E-state index contributed by atoms with van der Waals surface area (Å²) in [5, 5.41) is 3.09. The van der Waals surface area contributed by atoms with E-state index in [1.165, 1.54) is 27.8 Å². The predicted octanol–water partition coefficient (Wildman–Crippen LogP) is 4.85. The number of anilines is 1. The van der Waals surface area contributed by atoms with Crippen molar-refractivity contribution in [2.75, 3.05) is 17.1 Å². The Balaban J connectivity index is 1.72. The van der Waals surface area contributed by atoms with Crippen molar-refractivity contribution in [3.63, 3.8) is 0 Å². The van der Waals surface area contributed by atoms with Crippen LogP contribution in [0.15, 0.2) is 42.5 Å². The van der Waals surface area contributed by atoms with Crippen LogP contribution in [0.5, 0.6) is 0 Å². The first-order valence-corrected chi connectivity index (χ1v) is 15.2. The van der Waals surface area contributed by atoms with E-state index in [0.717, 1.165) is 43.1 Å². The fourth-order valence-electron chi connectivity index (χ4n) is 5.04. The molecule has 208 valence electrons. The van der Waals surface area contributed by atoms with Gasteiger partial charge in [-0.3, -0.25) is 13.9 Å². The molecule has 38 heavy (non-hydrogen) atoms. The Hall–Kier alpha value is -2.94. The van der Waals surface area contributed by atoms with E-state index < -0.39 is 16.1 Å². The largest absolute Gasteiger partial charge is 0.352 e. The molecule has 0 heterocycles. The molecule has 9 heteroatoms. The van der Waals surface area contributed by atoms with Gasteiger partial charge in [-0.2, -0.15) is 0 Å². The molecule has 2 aromatic carbocycles. The summed E-state index contributed by atoms with van der Waals surface area (Å²) in [6, 6.07) is 10.9. The van der Waals surface area contributed by atoms with E-state index in [0.29, 0.717) is 11.3 Å². The summed E-state index contributed by atoms with van der Waals surface area (Å²) in [7, 11) is -3.56. The first-order valence-electron chi connectivity index (χ1n) is 13.3. The van der Waals surface area contributed by atoms with Crippen molar-refractivity contribution >= 4 is 27.5 Å². The van der Waals surface area contributed by atoms with Crippen molar-refractivity contribution in [3.05, 3.63) is 65.0 Å². The minimum absolute atomic E-state index is 0.0685. The van der Waals surface area contributed by atoms with E-state index in [9.17, 15) is 22.4 Å². The third kappa shape index (κ3) is 8.55. The Morgan fingerprint density at radius 2 is 1.63 bits per heavy atom. The van der Waals surface area contributed by atoms with E-state index >= 15 is 0 Å². The molecule has 1 aliphatic rings. The van der Waals surface area contributed by atoms with Crippen LogP contribution >= 0.6 is 0 Å². The van der Waals surface area contributed by atoms with Crippen LogP contribution in [0.25, 0.3) is 0 Å². The molecule has 1 aliphatic carbocycles. The van der Waals surface area contributed by atoms with E-state index in [2.05, 4.69) is 5.32 Å². The van der Waals surface area contributed by atoms with Crippen LogP contribution in [0, 0.1) is 19.7 Å². The van der Waals surface area contributed by atoms with E-state index in [1.54, 1.807) is 19.1 Å². The van der Waals surface area contributed by atoms with Gasteiger partial charge in [-0.15, -0.1) is 0 Å². The first-order chi connectivity index (χ1) is 17.9. The summed E-state index contributed by atoms with van der Waals surface area (Å²) >= 11 is 0. The van der Waals surface area contributed by atoms with Crippen LogP contribution < -0.4 is 9.62 Å². The van der Waals surface area contributed by atoms with Crippen LogP contribution in [0.2, 0.25) is 0 Å². The summed E-state index contributed by atoms with van der Waals surface area (Å²) in [6.07, 6.45) is 6.71. The molecule has 0 radical (unpaired) electrons. The van der Waals surface area contributed by atoms with Gasteiger partial charge in [0, 0.05) is 25.6 Å². The molecule has 2 aromatic rings. The van der Waals surface area contributed by atoms with E-state index in [4.69, 9.17) is 0 Å². The average Bonchev–Trinajstić information content (AvgIpc) is 2.85. The molecule has 2 amide bonds. The number of aryl methyl sites for hydroxylation is 2. The molecule has 1 N–H and O–H groups in total. The third-order valence-electron chi connectivity index (χ3n) is 7.03. The molecule has 0 saturated heterocycles. The Bertz CT molecular complexity index is 1190. The van der Waals surface area contributed by atoms with Crippen molar-refractivity contribution in [2.24, 2.45) is 0 Å². The predicted molar refractivity (Wildman–Crippen MR) is 149 cm³/mol. The molecule has 3 rings (SSSR count). The summed E-state index contributed by atoms with van der Waals surface area (Å²) in [5.74, 6) is -0.836. The second kappa shape index (κ2) is 13.2. The van der Waals surface area contributed by atoms with Crippen molar-refractivity contribution in [1.82, 2.24) is 10.2 Å². The summed E-state index contributed by atoms with van der Waals surface area (Å²) in [6.45, 7) is 5.82. The van der Waals surface area contributed by atoms with Crippen molar-refractivity contribution in [1.29, 1.82) is 0 Å². The second-order valence-corrected chi connectivity index (χ2v) is 12.4. The van der Waals surface area contributed by atoms with Crippen LogP contribution in [0.4, 0.5) is 10.1 Å². The monoisotopic (exact) mass is 545 g/mol. The fourth-order valence-corrected chi connectivity index (χ4v) is 5.99. The number of halogens is 1. The van der Waals surface area contributed by atoms with Gasteiger partial charge in [0.1, 0.15) is 11.9 Å². The number of nitrogens with one attached hydrogen (secondary N) is 1. The van der Waals surface area contributed by atoms with Crippen LogP contribution in [0.1, 0.15) is 68.6 Å². The highest BCUT2D eigenvalue weighted by Gasteiger charge is 2.28. The van der Waals surface area contributed by atoms with Crippen LogP contribution in [-0.2, 0) is 26.2 Å². The molecule has 7 nitrogen and oxygen atoms in total. The number of nitrogens with zero attached hydrogens (tertiary/aromatic N) is 2. The lowest BCUT2D eigenvalue weighted by Gasteiger charge is -2.31. The Morgan fingerprint density at radius 3 is 2.21 bits per heavy atom.